The van der Waals surface area contributed by atoms with Crippen molar-refractivity contribution < 1.29 is 14.0 Å². The van der Waals surface area contributed by atoms with Crippen LogP contribution in [0.2, 0.25) is 0 Å². The van der Waals surface area contributed by atoms with Crippen molar-refractivity contribution in [3.05, 3.63) is 70.7 Å². The Labute approximate surface area is 187 Å². The number of nitrogens with one attached hydrogen (secondary N) is 3. The molecule has 0 atom stereocenters. The lowest BCUT2D eigenvalue weighted by Gasteiger charge is -2.20. The number of carbonyl (C=O) groups excluding carboxylic acids is 2. The van der Waals surface area contributed by atoms with Gasteiger partial charge in [-0.15, -0.1) is 0 Å². The number of fused-ring (bicyclic) bond motifs is 2. The van der Waals surface area contributed by atoms with E-state index in [2.05, 4.69) is 21.4 Å². The number of benzene rings is 2. The van der Waals surface area contributed by atoms with Crippen LogP contribution in [-0.2, 0) is 6.42 Å². The van der Waals surface area contributed by atoms with Gasteiger partial charge in [0.15, 0.2) is 5.76 Å². The molecule has 32 heavy (non-hydrogen) atoms. The Morgan fingerprint density at radius 3 is 2.53 bits per heavy atom. The summed E-state index contributed by atoms with van der Waals surface area (Å²) in [5, 5.41) is 6.31. The summed E-state index contributed by atoms with van der Waals surface area (Å²) >= 11 is 0. The summed E-state index contributed by atoms with van der Waals surface area (Å²) in [5.74, 6) is 0.399. The Bertz CT molecular complexity index is 1210. The number of carbonyl (C=O) groups is 2. The average Bonchev–Trinajstić information content (AvgIpc) is 3.12. The fourth-order valence-corrected chi connectivity index (χ4v) is 3.90. The fraction of sp³-hybridized carbons (Fsp3) is 0.320. The zero-order chi connectivity index (χ0) is 22.9. The molecule has 1 aliphatic rings. The van der Waals surface area contributed by atoms with Gasteiger partial charge in [0.1, 0.15) is 5.76 Å². The van der Waals surface area contributed by atoms with Crippen LogP contribution in [0.1, 0.15) is 71.4 Å². The van der Waals surface area contributed by atoms with Crippen molar-refractivity contribution in [2.75, 3.05) is 0 Å². The van der Waals surface area contributed by atoms with Gasteiger partial charge in [0.05, 0.1) is 5.71 Å². The SMILES string of the molecule is Cc1c(C(=O)NNC(C)(C)C)oc2c1/C(=N/NC(=O)c1cccc3ccccc13)CCC2. The van der Waals surface area contributed by atoms with Gasteiger partial charge in [0, 0.05) is 28.7 Å². The summed E-state index contributed by atoms with van der Waals surface area (Å²) in [7, 11) is 0. The third kappa shape index (κ3) is 4.43. The first-order chi connectivity index (χ1) is 15.2. The number of hydrogen-bond acceptors (Lipinski definition) is 5. The number of hydrazone groups is 1. The lowest BCUT2D eigenvalue weighted by atomic mass is 9.93. The summed E-state index contributed by atoms with van der Waals surface area (Å²) in [6.07, 6.45) is 2.27. The molecule has 7 nitrogen and oxygen atoms in total. The second kappa shape index (κ2) is 8.59. The third-order valence-electron chi connectivity index (χ3n) is 5.41. The van der Waals surface area contributed by atoms with Crippen LogP contribution < -0.4 is 16.3 Å². The summed E-state index contributed by atoms with van der Waals surface area (Å²) in [4.78, 5) is 25.5. The fourth-order valence-electron chi connectivity index (χ4n) is 3.90. The molecule has 0 saturated carbocycles. The highest BCUT2D eigenvalue weighted by atomic mass is 16.4. The van der Waals surface area contributed by atoms with Crippen LogP contribution in [0.15, 0.2) is 52.0 Å². The number of nitrogens with zero attached hydrogens (tertiary/aromatic N) is 1. The molecule has 2 aromatic carbocycles. The minimum atomic E-state index is -0.328. The quantitative estimate of drug-likeness (QED) is 0.537. The second-order valence-electron chi connectivity index (χ2n) is 9.06. The van der Waals surface area contributed by atoms with Gasteiger partial charge in [-0.3, -0.25) is 15.0 Å². The van der Waals surface area contributed by atoms with E-state index in [-0.39, 0.29) is 23.1 Å². The van der Waals surface area contributed by atoms with Gasteiger partial charge >= 0.3 is 5.91 Å². The largest absolute Gasteiger partial charge is 0.455 e. The Morgan fingerprint density at radius 2 is 1.75 bits per heavy atom. The lowest BCUT2D eigenvalue weighted by Crippen LogP contribution is -2.48. The summed E-state index contributed by atoms with van der Waals surface area (Å²) in [5.41, 5.74) is 10.9. The lowest BCUT2D eigenvalue weighted by molar-refractivity contribution is 0.0882. The monoisotopic (exact) mass is 432 g/mol. The van der Waals surface area contributed by atoms with Crippen molar-refractivity contribution >= 4 is 28.3 Å². The molecule has 1 aliphatic carbocycles. The molecule has 1 aromatic heterocycles. The maximum absolute atomic E-state index is 12.9. The molecule has 166 valence electrons. The average molecular weight is 433 g/mol. The predicted molar refractivity (Wildman–Crippen MR) is 125 cm³/mol. The zero-order valence-corrected chi connectivity index (χ0v) is 18.8. The van der Waals surface area contributed by atoms with Crippen LogP contribution in [0.4, 0.5) is 0 Å². The highest BCUT2D eigenvalue weighted by molar-refractivity contribution is 6.09. The van der Waals surface area contributed by atoms with Gasteiger partial charge in [-0.1, -0.05) is 36.4 Å². The van der Waals surface area contributed by atoms with E-state index in [0.29, 0.717) is 12.0 Å². The highest BCUT2D eigenvalue weighted by Crippen LogP contribution is 2.30. The standard InChI is InChI=1S/C25H28N4O3/c1-15-21-19(13-8-14-20(21)32-22(15)24(31)28-29-25(2,3)4)26-27-23(30)18-12-7-10-16-9-5-6-11-17(16)18/h5-7,9-12,29H,8,13-14H2,1-4H3,(H,27,30)(H,28,31)/b26-19+. The molecule has 0 aliphatic heterocycles. The van der Waals surface area contributed by atoms with Gasteiger partial charge in [0.25, 0.3) is 5.91 Å². The molecule has 7 heteroatoms. The van der Waals surface area contributed by atoms with E-state index in [1.54, 1.807) is 6.07 Å². The van der Waals surface area contributed by atoms with E-state index in [1.165, 1.54) is 0 Å². The van der Waals surface area contributed by atoms with Crippen molar-refractivity contribution in [1.29, 1.82) is 0 Å². The van der Waals surface area contributed by atoms with Crippen molar-refractivity contribution in [1.82, 2.24) is 16.3 Å². The Hall–Kier alpha value is -3.45. The molecule has 0 spiro atoms. The van der Waals surface area contributed by atoms with Gasteiger partial charge in [-0.2, -0.15) is 5.10 Å². The van der Waals surface area contributed by atoms with Crippen LogP contribution in [0.5, 0.6) is 0 Å². The van der Waals surface area contributed by atoms with Gasteiger partial charge in [-0.25, -0.2) is 10.9 Å². The minimum Gasteiger partial charge on any atom is -0.455 e. The minimum absolute atomic E-state index is 0.265. The summed E-state index contributed by atoms with van der Waals surface area (Å²) in [6.45, 7) is 7.71. The molecule has 0 bridgehead atoms. The van der Waals surface area contributed by atoms with Crippen LogP contribution in [0.25, 0.3) is 10.8 Å². The number of furan rings is 1. The second-order valence-corrected chi connectivity index (χ2v) is 9.06. The number of rotatable bonds is 4. The first kappa shape index (κ1) is 21.8. The van der Waals surface area contributed by atoms with Crippen LogP contribution in [0, 0.1) is 6.92 Å². The Kier molecular flexibility index (Phi) is 5.84. The van der Waals surface area contributed by atoms with Gasteiger partial charge < -0.3 is 4.42 Å². The van der Waals surface area contributed by atoms with E-state index >= 15 is 0 Å². The van der Waals surface area contributed by atoms with Crippen molar-refractivity contribution in [2.24, 2.45) is 5.10 Å². The maximum Gasteiger partial charge on any atom is 0.301 e. The van der Waals surface area contributed by atoms with Gasteiger partial charge in [0.2, 0.25) is 0 Å². The van der Waals surface area contributed by atoms with E-state index in [1.807, 2.05) is 64.1 Å². The molecule has 0 unspecified atom stereocenters. The molecular formula is C25H28N4O3. The van der Waals surface area contributed by atoms with E-state index < -0.39 is 0 Å². The predicted octanol–water partition coefficient (Wildman–Crippen LogP) is 4.24. The topological polar surface area (TPSA) is 95.7 Å². The number of hydrazine groups is 1. The Balaban J connectivity index is 1.58. The van der Waals surface area contributed by atoms with E-state index in [0.717, 1.165) is 46.2 Å². The number of amides is 2. The molecule has 3 N–H and O–H groups in total. The first-order valence-electron chi connectivity index (χ1n) is 10.8. The van der Waals surface area contributed by atoms with Crippen molar-refractivity contribution in [3.63, 3.8) is 0 Å². The molecular weight excluding hydrogens is 404 g/mol. The van der Waals surface area contributed by atoms with E-state index in [4.69, 9.17) is 4.42 Å². The highest BCUT2D eigenvalue weighted by Gasteiger charge is 2.28. The normalized spacial score (nSPS) is 14.9. The number of hydrogen-bond donors (Lipinski definition) is 3. The smallest absolute Gasteiger partial charge is 0.301 e. The molecule has 0 radical (unpaired) electrons. The Morgan fingerprint density at radius 1 is 1.00 bits per heavy atom. The zero-order valence-electron chi connectivity index (χ0n) is 18.8. The number of aryl methyl sites for hydroxylation is 1. The van der Waals surface area contributed by atoms with Crippen LogP contribution in [-0.4, -0.2) is 23.1 Å². The van der Waals surface area contributed by atoms with Crippen molar-refractivity contribution in [3.8, 4) is 0 Å². The first-order valence-corrected chi connectivity index (χ1v) is 10.8. The van der Waals surface area contributed by atoms with Crippen LogP contribution >= 0.6 is 0 Å². The van der Waals surface area contributed by atoms with Crippen molar-refractivity contribution in [2.45, 2.75) is 52.5 Å². The molecule has 0 saturated heterocycles. The summed E-state index contributed by atoms with van der Waals surface area (Å²) in [6, 6.07) is 13.4. The van der Waals surface area contributed by atoms with Crippen LogP contribution in [0.3, 0.4) is 0 Å². The maximum atomic E-state index is 12.9. The third-order valence-corrected chi connectivity index (χ3v) is 5.41. The molecule has 0 fully saturated rings. The van der Waals surface area contributed by atoms with E-state index in [9.17, 15) is 9.59 Å². The summed E-state index contributed by atoms with van der Waals surface area (Å²) < 4.78 is 5.90. The molecule has 3 aromatic rings. The molecule has 1 heterocycles. The molecule has 2 amide bonds. The molecule has 4 rings (SSSR count). The van der Waals surface area contributed by atoms with Gasteiger partial charge in [-0.05, 0) is 57.4 Å².